The minimum Gasteiger partial charge on any atom is -0.511 e. The van der Waals surface area contributed by atoms with E-state index in [0.717, 1.165) is 12.7 Å². The fraction of sp³-hybridized carbons (Fsp3) is 0.659. The van der Waals surface area contributed by atoms with Gasteiger partial charge in [-0.1, -0.05) is 50.6 Å². The molecule has 15 nitrogen and oxygen atoms in total. The van der Waals surface area contributed by atoms with Crippen molar-refractivity contribution >= 4 is 24.1 Å². The van der Waals surface area contributed by atoms with E-state index in [9.17, 15) is 44.6 Å². The Morgan fingerprint density at radius 3 is 2.43 bits per heavy atom. The Balaban J connectivity index is 1.51. The van der Waals surface area contributed by atoms with Gasteiger partial charge in [-0.25, -0.2) is 9.59 Å². The molecule has 56 heavy (non-hydrogen) atoms. The molecule has 1 saturated carbocycles. The number of allylic oxidation sites excluding steroid dienone is 3. The first kappa shape index (κ1) is 41.5. The molecule has 2 heterocycles. The van der Waals surface area contributed by atoms with Crippen LogP contribution in [0.4, 0.5) is 4.79 Å². The number of fused-ring (bicyclic) bond motifs is 4. The van der Waals surface area contributed by atoms with Gasteiger partial charge < -0.3 is 39.6 Å². The van der Waals surface area contributed by atoms with E-state index in [-0.39, 0.29) is 36.7 Å². The fourth-order valence-electron chi connectivity index (χ4n) is 10.8. The Morgan fingerprint density at radius 1 is 1.09 bits per heavy atom. The van der Waals surface area contributed by atoms with E-state index in [0.29, 0.717) is 18.3 Å². The maximum atomic E-state index is 14.9. The summed E-state index contributed by atoms with van der Waals surface area (Å²) in [4.78, 5) is 65.3. The Labute approximate surface area is 326 Å². The summed E-state index contributed by atoms with van der Waals surface area (Å²) in [6, 6.07) is -1.07. The van der Waals surface area contributed by atoms with Crippen molar-refractivity contribution in [3.63, 3.8) is 0 Å². The molecular formula is C41H54N2O13. The molecule has 0 radical (unpaired) electrons. The lowest BCUT2D eigenvalue weighted by Crippen LogP contribution is -2.65. The monoisotopic (exact) mass is 782 g/mol. The quantitative estimate of drug-likeness (QED) is 0.0768. The molecule has 2 saturated heterocycles. The fourth-order valence-corrected chi connectivity index (χ4v) is 10.8. The van der Waals surface area contributed by atoms with Gasteiger partial charge in [0.05, 0.1) is 43.9 Å². The highest BCUT2D eigenvalue weighted by Crippen LogP contribution is 2.60. The van der Waals surface area contributed by atoms with Crippen LogP contribution in [-0.4, -0.2) is 99.4 Å². The van der Waals surface area contributed by atoms with E-state index >= 15 is 0 Å². The highest BCUT2D eigenvalue weighted by atomic mass is 16.7. The molecule has 3 fully saturated rings. The lowest BCUT2D eigenvalue weighted by molar-refractivity contribution is -0.584. The number of aldehydes is 1. The summed E-state index contributed by atoms with van der Waals surface area (Å²) >= 11 is 0. The van der Waals surface area contributed by atoms with Crippen LogP contribution < -0.4 is 5.32 Å². The number of nitro groups is 1. The standard InChI is InChI=1S/C41H54N2O13/c1-19-9-12-29(55-30-17-39(6,43(51)52)34(23(5)54-30)42-38(50)53-8)20(2)14-27-28(45)15-24(18-44)16-41(27)36(48)31(37(49)56-41)35(47)40(7)26(19)11-10-25-32(40)21(3)13-22(4)33(25)46/h9-11,14-15,18,21-23,25-30,32-34,45-47H,12-13,16-17H2,1-8H3,(H,42,50)/b19-9+,20-14+,35-31+. The predicted octanol–water partition coefficient (Wildman–Crippen LogP) is 4.21. The number of alkyl carbamates (subject to hydrolysis) is 1. The van der Waals surface area contributed by atoms with Gasteiger partial charge in [0.15, 0.2) is 11.9 Å². The summed E-state index contributed by atoms with van der Waals surface area (Å²) in [5.74, 6) is -5.13. The van der Waals surface area contributed by atoms with Crippen molar-refractivity contribution in [3.05, 3.63) is 68.5 Å². The number of aliphatic hydroxyl groups excluding tert-OH is 3. The van der Waals surface area contributed by atoms with Gasteiger partial charge in [0.25, 0.3) is 0 Å². The summed E-state index contributed by atoms with van der Waals surface area (Å²) in [5, 5.41) is 50.6. The Hall–Kier alpha value is -4.18. The zero-order chi connectivity index (χ0) is 41.2. The number of hydrogen-bond donors (Lipinski definition) is 4. The topological polar surface area (TPSA) is 221 Å². The van der Waals surface area contributed by atoms with Crippen LogP contribution in [0.15, 0.2) is 58.4 Å². The van der Waals surface area contributed by atoms with Gasteiger partial charge in [0.1, 0.15) is 23.7 Å². The van der Waals surface area contributed by atoms with Crippen molar-refractivity contribution in [3.8, 4) is 0 Å². The van der Waals surface area contributed by atoms with Crippen LogP contribution in [0.25, 0.3) is 0 Å². The number of methoxy groups -OCH3 is 1. The Morgan fingerprint density at radius 2 is 1.79 bits per heavy atom. The largest absolute Gasteiger partial charge is 0.511 e. The van der Waals surface area contributed by atoms with Crippen LogP contribution in [0.2, 0.25) is 0 Å². The lowest BCUT2D eigenvalue weighted by atomic mass is 9.49. The van der Waals surface area contributed by atoms with Gasteiger partial charge in [-0.15, -0.1) is 0 Å². The molecule has 1 spiro atoms. The van der Waals surface area contributed by atoms with Crippen LogP contribution in [0.1, 0.15) is 74.1 Å². The molecular weight excluding hydrogens is 728 g/mol. The van der Waals surface area contributed by atoms with Gasteiger partial charge in [-0.3, -0.25) is 19.7 Å². The number of nitrogens with zero attached hydrogens (tertiary/aromatic N) is 1. The second-order valence-electron chi connectivity index (χ2n) is 17.2. The molecule has 0 aromatic rings. The van der Waals surface area contributed by atoms with Crippen molar-refractivity contribution in [2.45, 2.75) is 122 Å². The first-order valence-electron chi connectivity index (χ1n) is 19.3. The smallest absolute Gasteiger partial charge is 0.407 e. The highest BCUT2D eigenvalue weighted by molar-refractivity contribution is 6.26. The number of carbonyl (C=O) groups is 4. The average molecular weight is 783 g/mol. The average Bonchev–Trinajstić information content (AvgIpc) is 3.38. The minimum absolute atomic E-state index is 0.0397. The normalized spacial score (nSPS) is 47.0. The first-order chi connectivity index (χ1) is 26.2. The van der Waals surface area contributed by atoms with Crippen LogP contribution in [-0.2, 0) is 33.3 Å². The second kappa shape index (κ2) is 15.0. The summed E-state index contributed by atoms with van der Waals surface area (Å²) in [6.07, 6.45) is 3.32. The number of ether oxygens (including phenoxy) is 4. The van der Waals surface area contributed by atoms with Crippen LogP contribution in [0.3, 0.4) is 0 Å². The molecule has 0 aromatic heterocycles. The summed E-state index contributed by atoms with van der Waals surface area (Å²) in [6.45, 7) is 12.4. The van der Waals surface area contributed by atoms with Crippen molar-refractivity contribution in [1.29, 1.82) is 0 Å². The van der Waals surface area contributed by atoms with Gasteiger partial charge in [-0.2, -0.15) is 0 Å². The summed E-state index contributed by atoms with van der Waals surface area (Å²) in [7, 11) is 1.15. The van der Waals surface area contributed by atoms with Crippen molar-refractivity contribution in [1.82, 2.24) is 5.32 Å². The first-order valence-corrected chi connectivity index (χ1v) is 19.3. The van der Waals surface area contributed by atoms with Crippen LogP contribution in [0, 0.1) is 51.0 Å². The van der Waals surface area contributed by atoms with Gasteiger partial charge >= 0.3 is 12.1 Å². The van der Waals surface area contributed by atoms with E-state index < -0.39 is 111 Å². The second-order valence-corrected chi connectivity index (χ2v) is 17.2. The molecule has 15 heteroatoms. The molecule has 0 aromatic carbocycles. The Kier molecular flexibility index (Phi) is 11.1. The van der Waals surface area contributed by atoms with Crippen LogP contribution >= 0.6 is 0 Å². The molecule has 6 aliphatic rings. The van der Waals surface area contributed by atoms with Gasteiger partial charge in [-0.05, 0) is 68.6 Å². The maximum Gasteiger partial charge on any atom is 0.407 e. The third-order valence-corrected chi connectivity index (χ3v) is 13.7. The number of nitrogens with one attached hydrogen (secondary N) is 1. The van der Waals surface area contributed by atoms with E-state index in [1.807, 2.05) is 39.0 Å². The molecule has 15 unspecified atom stereocenters. The predicted molar refractivity (Wildman–Crippen MR) is 199 cm³/mol. The minimum atomic E-state index is -2.10. The molecule has 6 rings (SSSR count). The van der Waals surface area contributed by atoms with E-state index in [4.69, 9.17) is 18.9 Å². The van der Waals surface area contributed by atoms with E-state index in [2.05, 4.69) is 5.32 Å². The SMILES string of the molecule is COC(=O)NC1C(C)OC(OC2C/C=C(\C)C3C=CC4C(O)C(C)CC(C)C4C3(C)/C(O)=C3\C(=O)OC4(CC(C=O)=CC(O)C4/C=C/2C)C3=O)CC1(C)[N+](=O)[O-]. The highest BCUT2D eigenvalue weighted by Gasteiger charge is 2.64. The number of Topliss-reactive ketones (excluding diaryl/α,β-unsaturated/α-hetero) is 1. The number of hydrogen-bond acceptors (Lipinski definition) is 13. The molecule has 306 valence electrons. The molecule has 2 bridgehead atoms. The number of esters is 1. The Bertz CT molecular complexity index is 1830. The number of aliphatic hydroxyl groups is 3. The zero-order valence-electron chi connectivity index (χ0n) is 33.1. The van der Waals surface area contributed by atoms with Gasteiger partial charge in [0.2, 0.25) is 11.3 Å². The molecule has 2 aliphatic heterocycles. The molecule has 1 amide bonds. The van der Waals surface area contributed by atoms with Crippen LogP contribution in [0.5, 0.6) is 0 Å². The van der Waals surface area contributed by atoms with Crippen molar-refractivity contribution < 1.29 is 58.4 Å². The zero-order valence-corrected chi connectivity index (χ0v) is 33.1. The number of ketones is 1. The number of rotatable bonds is 5. The molecule has 4 N–H and O–H groups in total. The summed E-state index contributed by atoms with van der Waals surface area (Å²) in [5.41, 5.74) is -4.40. The van der Waals surface area contributed by atoms with Gasteiger partial charge in [0, 0.05) is 35.5 Å². The van der Waals surface area contributed by atoms with E-state index in [1.54, 1.807) is 26.8 Å². The summed E-state index contributed by atoms with van der Waals surface area (Å²) < 4.78 is 23.4. The van der Waals surface area contributed by atoms with Crippen molar-refractivity contribution in [2.75, 3.05) is 7.11 Å². The number of carbonyl (C=O) groups excluding carboxylic acids is 4. The third kappa shape index (κ3) is 6.53. The third-order valence-electron chi connectivity index (χ3n) is 13.7. The van der Waals surface area contributed by atoms with Crippen molar-refractivity contribution in [2.24, 2.45) is 40.9 Å². The number of amides is 1. The molecule has 4 aliphatic carbocycles. The molecule has 15 atom stereocenters. The lowest BCUT2D eigenvalue weighted by Gasteiger charge is -2.55. The maximum absolute atomic E-state index is 14.9. The van der Waals surface area contributed by atoms with E-state index in [1.165, 1.54) is 13.0 Å².